The summed E-state index contributed by atoms with van der Waals surface area (Å²) in [4.78, 5) is 14.4. The SMILES string of the molecule is CCN(CCCNC(=O)COCc1cc(-c2ccc3c(c2)OCO3)on1)c1cccc(C)c1. The minimum Gasteiger partial charge on any atom is -0.454 e. The highest BCUT2D eigenvalue weighted by atomic mass is 16.7. The van der Waals surface area contributed by atoms with Crippen LogP contribution in [0.5, 0.6) is 11.5 Å². The molecule has 0 aliphatic carbocycles. The van der Waals surface area contributed by atoms with Crippen LogP contribution in [0, 0.1) is 6.92 Å². The standard InChI is InChI=1S/C25H29N3O5/c1-3-28(21-7-4-6-18(2)12-21)11-5-10-26-25(29)16-30-15-20-14-23(33-27-20)19-8-9-22-24(13-19)32-17-31-22/h4,6-9,12-14H,3,5,10-11,15-17H2,1-2H3,(H,26,29). The number of ether oxygens (including phenoxy) is 3. The van der Waals surface area contributed by atoms with Crippen LogP contribution < -0.4 is 19.7 Å². The zero-order valence-corrected chi connectivity index (χ0v) is 19.0. The molecule has 0 radical (unpaired) electrons. The molecule has 4 rings (SSSR count). The first-order chi connectivity index (χ1) is 16.1. The Bertz CT molecular complexity index is 1080. The van der Waals surface area contributed by atoms with Crippen molar-refractivity contribution >= 4 is 11.6 Å². The molecule has 8 heteroatoms. The molecule has 3 aromatic rings. The van der Waals surface area contributed by atoms with Gasteiger partial charge in [0.2, 0.25) is 12.7 Å². The largest absolute Gasteiger partial charge is 0.454 e. The third-order valence-corrected chi connectivity index (χ3v) is 5.37. The summed E-state index contributed by atoms with van der Waals surface area (Å²) in [6.07, 6.45) is 0.857. The van der Waals surface area contributed by atoms with Crippen molar-refractivity contribution in [3.05, 3.63) is 59.8 Å². The summed E-state index contributed by atoms with van der Waals surface area (Å²) >= 11 is 0. The molecule has 0 bridgehead atoms. The molecule has 8 nitrogen and oxygen atoms in total. The van der Waals surface area contributed by atoms with Crippen molar-refractivity contribution in [3.8, 4) is 22.8 Å². The number of rotatable bonds is 11. The first kappa shape index (κ1) is 22.7. The second-order valence-electron chi connectivity index (χ2n) is 7.87. The van der Waals surface area contributed by atoms with Gasteiger partial charge in [0.1, 0.15) is 12.3 Å². The number of benzene rings is 2. The molecule has 1 amide bonds. The van der Waals surface area contributed by atoms with E-state index in [4.69, 9.17) is 18.7 Å². The second-order valence-corrected chi connectivity index (χ2v) is 7.87. The molecular weight excluding hydrogens is 422 g/mol. The highest BCUT2D eigenvalue weighted by molar-refractivity contribution is 5.77. The molecule has 0 fully saturated rings. The van der Waals surface area contributed by atoms with E-state index in [9.17, 15) is 4.79 Å². The van der Waals surface area contributed by atoms with Crippen LogP contribution in [0.15, 0.2) is 53.1 Å². The fraction of sp³-hybridized carbons (Fsp3) is 0.360. The van der Waals surface area contributed by atoms with Crippen molar-refractivity contribution < 1.29 is 23.5 Å². The lowest BCUT2D eigenvalue weighted by Gasteiger charge is -2.23. The van der Waals surface area contributed by atoms with Crippen LogP contribution in [0.25, 0.3) is 11.3 Å². The Morgan fingerprint density at radius 2 is 2.03 bits per heavy atom. The highest BCUT2D eigenvalue weighted by Crippen LogP contribution is 2.36. The average Bonchev–Trinajstić information content (AvgIpc) is 3.48. The van der Waals surface area contributed by atoms with E-state index in [1.807, 2.05) is 18.2 Å². The maximum Gasteiger partial charge on any atom is 0.246 e. The summed E-state index contributed by atoms with van der Waals surface area (Å²) in [6, 6.07) is 15.8. The summed E-state index contributed by atoms with van der Waals surface area (Å²) in [6.45, 7) is 7.02. The lowest BCUT2D eigenvalue weighted by Crippen LogP contribution is -2.32. The average molecular weight is 452 g/mol. The molecule has 2 aromatic carbocycles. The number of anilines is 1. The van der Waals surface area contributed by atoms with E-state index in [0.717, 1.165) is 25.1 Å². The number of aromatic nitrogens is 1. The van der Waals surface area contributed by atoms with E-state index < -0.39 is 0 Å². The van der Waals surface area contributed by atoms with Gasteiger partial charge in [-0.1, -0.05) is 17.3 Å². The molecule has 0 atom stereocenters. The second kappa shape index (κ2) is 10.9. The maximum absolute atomic E-state index is 12.1. The van der Waals surface area contributed by atoms with Crippen LogP contribution in [0.1, 0.15) is 24.6 Å². The lowest BCUT2D eigenvalue weighted by molar-refractivity contribution is -0.126. The van der Waals surface area contributed by atoms with E-state index in [2.05, 4.69) is 53.5 Å². The van der Waals surface area contributed by atoms with Gasteiger partial charge in [0.05, 0.1) is 6.61 Å². The monoisotopic (exact) mass is 451 g/mol. The van der Waals surface area contributed by atoms with Crippen molar-refractivity contribution in [2.24, 2.45) is 0 Å². The Balaban J connectivity index is 1.15. The zero-order chi connectivity index (χ0) is 23.0. The summed E-state index contributed by atoms with van der Waals surface area (Å²) in [5, 5.41) is 6.92. The van der Waals surface area contributed by atoms with Crippen LogP contribution in [0.2, 0.25) is 0 Å². The summed E-state index contributed by atoms with van der Waals surface area (Å²) < 4.78 is 21.6. The van der Waals surface area contributed by atoms with Crippen LogP contribution in [0.3, 0.4) is 0 Å². The molecule has 0 saturated heterocycles. The Hall–Kier alpha value is -3.52. The van der Waals surface area contributed by atoms with Gasteiger partial charge in [0.15, 0.2) is 17.3 Å². The van der Waals surface area contributed by atoms with Crippen LogP contribution in [-0.2, 0) is 16.1 Å². The van der Waals surface area contributed by atoms with Gasteiger partial charge in [-0.2, -0.15) is 0 Å². The topological polar surface area (TPSA) is 86.1 Å². The third-order valence-electron chi connectivity index (χ3n) is 5.37. The molecule has 0 saturated carbocycles. The number of amides is 1. The van der Waals surface area contributed by atoms with E-state index in [0.29, 0.717) is 29.5 Å². The van der Waals surface area contributed by atoms with Crippen LogP contribution >= 0.6 is 0 Å². The first-order valence-corrected chi connectivity index (χ1v) is 11.1. The molecule has 1 aliphatic rings. The molecule has 2 heterocycles. The van der Waals surface area contributed by atoms with E-state index in [1.54, 1.807) is 6.07 Å². The van der Waals surface area contributed by atoms with Crippen LogP contribution in [0.4, 0.5) is 5.69 Å². The third kappa shape index (κ3) is 6.04. The predicted octanol–water partition coefficient (Wildman–Crippen LogP) is 3.93. The van der Waals surface area contributed by atoms with Crippen molar-refractivity contribution in [3.63, 3.8) is 0 Å². The maximum atomic E-state index is 12.1. The molecule has 1 aliphatic heterocycles. The van der Waals surface area contributed by atoms with Crippen molar-refractivity contribution in [1.82, 2.24) is 10.5 Å². The molecule has 0 spiro atoms. The number of fused-ring (bicyclic) bond motifs is 1. The molecular formula is C25H29N3O5. The van der Waals surface area contributed by atoms with Gasteiger partial charge in [-0.05, 0) is 56.2 Å². The summed E-state index contributed by atoms with van der Waals surface area (Å²) in [5.41, 5.74) is 3.90. The highest BCUT2D eigenvalue weighted by Gasteiger charge is 2.16. The number of nitrogens with zero attached hydrogens (tertiary/aromatic N) is 2. The first-order valence-electron chi connectivity index (χ1n) is 11.1. The van der Waals surface area contributed by atoms with Gasteiger partial charge < -0.3 is 29.0 Å². The van der Waals surface area contributed by atoms with Gasteiger partial charge >= 0.3 is 0 Å². The van der Waals surface area contributed by atoms with Crippen molar-refractivity contribution in [2.45, 2.75) is 26.9 Å². The van der Waals surface area contributed by atoms with Gasteiger partial charge in [-0.15, -0.1) is 0 Å². The zero-order valence-electron chi connectivity index (χ0n) is 19.0. The number of aryl methyl sites for hydroxylation is 1. The Kier molecular flexibility index (Phi) is 7.47. The van der Waals surface area contributed by atoms with E-state index >= 15 is 0 Å². The van der Waals surface area contributed by atoms with Gasteiger partial charge in [-0.3, -0.25) is 4.79 Å². The molecule has 0 unspecified atom stereocenters. The normalized spacial score (nSPS) is 12.1. The number of hydrogen-bond donors (Lipinski definition) is 1. The fourth-order valence-corrected chi connectivity index (χ4v) is 3.66. The minimum absolute atomic E-state index is 0.0262. The van der Waals surface area contributed by atoms with Gasteiger partial charge in [0, 0.05) is 37.0 Å². The molecule has 1 aromatic heterocycles. The quantitative estimate of drug-likeness (QED) is 0.442. The number of carbonyl (C=O) groups excluding carboxylic acids is 1. The van der Waals surface area contributed by atoms with E-state index in [1.165, 1.54) is 11.3 Å². The Morgan fingerprint density at radius 1 is 1.15 bits per heavy atom. The smallest absolute Gasteiger partial charge is 0.246 e. The lowest BCUT2D eigenvalue weighted by atomic mass is 10.1. The molecule has 174 valence electrons. The Labute approximate surface area is 193 Å². The van der Waals surface area contributed by atoms with Crippen molar-refractivity contribution in [1.29, 1.82) is 0 Å². The number of nitrogens with one attached hydrogen (secondary N) is 1. The molecule has 1 N–H and O–H groups in total. The summed E-state index contributed by atoms with van der Waals surface area (Å²) in [5.74, 6) is 1.85. The van der Waals surface area contributed by atoms with Crippen molar-refractivity contribution in [2.75, 3.05) is 37.9 Å². The number of hydrogen-bond acceptors (Lipinski definition) is 7. The minimum atomic E-state index is -0.145. The van der Waals surface area contributed by atoms with Gasteiger partial charge in [0.25, 0.3) is 0 Å². The van der Waals surface area contributed by atoms with Crippen LogP contribution in [-0.4, -0.2) is 44.1 Å². The predicted molar refractivity (Wildman–Crippen MR) is 124 cm³/mol. The number of carbonyl (C=O) groups is 1. The molecule has 33 heavy (non-hydrogen) atoms. The van der Waals surface area contributed by atoms with Gasteiger partial charge in [-0.25, -0.2) is 0 Å². The Morgan fingerprint density at radius 3 is 2.88 bits per heavy atom. The fourth-order valence-electron chi connectivity index (χ4n) is 3.66. The summed E-state index contributed by atoms with van der Waals surface area (Å²) in [7, 11) is 0. The van der Waals surface area contributed by atoms with E-state index in [-0.39, 0.29) is 25.9 Å².